The van der Waals surface area contributed by atoms with Gasteiger partial charge in [0.1, 0.15) is 0 Å². The molecule has 0 fully saturated rings. The van der Waals surface area contributed by atoms with E-state index >= 15 is 0 Å². The predicted molar refractivity (Wildman–Crippen MR) is 62.6 cm³/mol. The average Bonchev–Trinajstić information content (AvgIpc) is 2.11. The van der Waals surface area contributed by atoms with E-state index in [9.17, 15) is 4.21 Å². The van der Waals surface area contributed by atoms with Gasteiger partial charge in [0, 0.05) is 26.8 Å². The fraction of sp³-hybridized carbons (Fsp3) is 0.333. The molecule has 14 heavy (non-hydrogen) atoms. The van der Waals surface area contributed by atoms with E-state index in [1.165, 1.54) is 0 Å². The molecule has 5 heteroatoms. The summed E-state index contributed by atoms with van der Waals surface area (Å²) < 4.78 is 15.8. The lowest BCUT2D eigenvalue weighted by Crippen LogP contribution is -1.98. The van der Waals surface area contributed by atoms with E-state index in [-0.39, 0.29) is 0 Å². The smallest absolute Gasteiger partial charge is 0.0974 e. The fourth-order valence-electron chi connectivity index (χ4n) is 0.868. The first-order chi connectivity index (χ1) is 6.44. The van der Waals surface area contributed by atoms with Crippen LogP contribution in [0, 0.1) is 0 Å². The van der Waals surface area contributed by atoms with Crippen LogP contribution in [0.4, 0.5) is 11.4 Å². The SMILES string of the molecule is CCS(C)(=O)=Nc1cc(Cl)ccc1N. The Kier molecular flexibility index (Phi) is 3.39. The van der Waals surface area contributed by atoms with Crippen LogP contribution in [-0.4, -0.2) is 16.2 Å². The Balaban J connectivity index is 3.28. The molecule has 0 saturated carbocycles. The lowest BCUT2D eigenvalue weighted by molar-refractivity contribution is 0.681. The number of rotatable bonds is 2. The third-order valence-electron chi connectivity index (χ3n) is 1.82. The lowest BCUT2D eigenvalue weighted by atomic mass is 10.3. The molecular weight excluding hydrogens is 220 g/mol. The van der Waals surface area contributed by atoms with Gasteiger partial charge < -0.3 is 5.73 Å². The van der Waals surface area contributed by atoms with Crippen molar-refractivity contribution in [1.29, 1.82) is 0 Å². The molecule has 1 aromatic carbocycles. The molecule has 2 N–H and O–H groups in total. The molecule has 1 aromatic rings. The first kappa shape index (κ1) is 11.3. The largest absolute Gasteiger partial charge is 0.397 e. The number of halogens is 1. The molecule has 3 nitrogen and oxygen atoms in total. The Bertz CT molecular complexity index is 450. The van der Waals surface area contributed by atoms with E-state index in [4.69, 9.17) is 17.3 Å². The van der Waals surface area contributed by atoms with Crippen molar-refractivity contribution in [2.75, 3.05) is 17.7 Å². The number of benzene rings is 1. The standard InChI is InChI=1S/C9H13ClN2OS/c1-3-14(2,13)12-9-6-7(10)4-5-8(9)11/h4-6H,3,11H2,1-2H3. The van der Waals surface area contributed by atoms with Crippen LogP contribution in [0.5, 0.6) is 0 Å². The van der Waals surface area contributed by atoms with Crippen LogP contribution in [0.3, 0.4) is 0 Å². The van der Waals surface area contributed by atoms with E-state index in [0.29, 0.717) is 22.2 Å². The fourth-order valence-corrected chi connectivity index (χ4v) is 1.74. The highest BCUT2D eigenvalue weighted by Crippen LogP contribution is 2.26. The molecule has 0 aliphatic heterocycles. The second-order valence-electron chi connectivity index (χ2n) is 3.04. The van der Waals surface area contributed by atoms with Crippen LogP contribution in [0.2, 0.25) is 5.02 Å². The van der Waals surface area contributed by atoms with E-state index < -0.39 is 9.73 Å². The minimum absolute atomic E-state index is 0.498. The Morgan fingerprint density at radius 2 is 2.21 bits per heavy atom. The number of hydrogen-bond donors (Lipinski definition) is 1. The summed E-state index contributed by atoms with van der Waals surface area (Å²) in [6.07, 6.45) is 1.60. The summed E-state index contributed by atoms with van der Waals surface area (Å²) >= 11 is 5.78. The van der Waals surface area contributed by atoms with Crippen LogP contribution >= 0.6 is 11.6 Å². The Hall–Kier alpha value is -0.740. The van der Waals surface area contributed by atoms with Gasteiger partial charge in [0.2, 0.25) is 0 Å². The number of nitrogens with zero attached hydrogens (tertiary/aromatic N) is 1. The summed E-state index contributed by atoms with van der Waals surface area (Å²) in [6, 6.07) is 4.96. The van der Waals surface area contributed by atoms with E-state index in [1.807, 2.05) is 6.92 Å². The summed E-state index contributed by atoms with van der Waals surface area (Å²) in [5.74, 6) is 0.499. The minimum Gasteiger partial charge on any atom is -0.397 e. The normalized spacial score (nSPS) is 14.8. The Morgan fingerprint density at radius 3 is 2.79 bits per heavy atom. The topological polar surface area (TPSA) is 55.5 Å². The molecule has 0 heterocycles. The highest BCUT2D eigenvalue weighted by atomic mass is 35.5. The van der Waals surface area contributed by atoms with E-state index in [2.05, 4.69) is 4.36 Å². The van der Waals surface area contributed by atoms with Crippen molar-refractivity contribution >= 4 is 32.7 Å². The Morgan fingerprint density at radius 1 is 1.57 bits per heavy atom. The monoisotopic (exact) mass is 232 g/mol. The van der Waals surface area contributed by atoms with Crippen LogP contribution in [0.25, 0.3) is 0 Å². The summed E-state index contributed by atoms with van der Waals surface area (Å²) in [4.78, 5) is 0. The summed E-state index contributed by atoms with van der Waals surface area (Å²) in [6.45, 7) is 1.83. The zero-order valence-corrected chi connectivity index (χ0v) is 9.73. The predicted octanol–water partition coefficient (Wildman–Crippen LogP) is 2.67. The van der Waals surface area contributed by atoms with E-state index in [0.717, 1.165) is 0 Å². The van der Waals surface area contributed by atoms with Crippen molar-refractivity contribution in [2.45, 2.75) is 6.92 Å². The van der Waals surface area contributed by atoms with Gasteiger partial charge >= 0.3 is 0 Å². The third kappa shape index (κ3) is 2.89. The summed E-state index contributed by atoms with van der Waals surface area (Å²) in [7, 11) is -2.18. The lowest BCUT2D eigenvalue weighted by Gasteiger charge is -2.03. The van der Waals surface area contributed by atoms with Gasteiger partial charge in [-0.25, -0.2) is 4.21 Å². The van der Waals surface area contributed by atoms with Gasteiger partial charge in [-0.1, -0.05) is 18.5 Å². The van der Waals surface area contributed by atoms with Crippen LogP contribution in [-0.2, 0) is 9.73 Å². The maximum absolute atomic E-state index is 11.7. The van der Waals surface area contributed by atoms with Crippen molar-refractivity contribution in [3.8, 4) is 0 Å². The number of hydrogen-bond acceptors (Lipinski definition) is 3. The van der Waals surface area contributed by atoms with Gasteiger partial charge in [0.15, 0.2) is 0 Å². The highest BCUT2D eigenvalue weighted by molar-refractivity contribution is 7.93. The number of anilines is 1. The van der Waals surface area contributed by atoms with Gasteiger partial charge in [-0.3, -0.25) is 0 Å². The van der Waals surface area contributed by atoms with Gasteiger partial charge in [-0.05, 0) is 18.2 Å². The molecule has 0 bridgehead atoms. The average molecular weight is 233 g/mol. The van der Waals surface area contributed by atoms with E-state index in [1.54, 1.807) is 24.5 Å². The second kappa shape index (κ2) is 4.19. The molecule has 1 rings (SSSR count). The maximum atomic E-state index is 11.7. The van der Waals surface area contributed by atoms with Gasteiger partial charge in [0.25, 0.3) is 0 Å². The zero-order valence-electron chi connectivity index (χ0n) is 8.16. The summed E-state index contributed by atoms with van der Waals surface area (Å²) in [5.41, 5.74) is 6.68. The highest BCUT2D eigenvalue weighted by Gasteiger charge is 2.02. The molecule has 0 radical (unpaired) electrons. The molecule has 78 valence electrons. The van der Waals surface area contributed by atoms with Gasteiger partial charge in [0.05, 0.1) is 11.4 Å². The number of nitrogen functional groups attached to an aromatic ring is 1. The molecule has 0 aliphatic rings. The van der Waals surface area contributed by atoms with Crippen molar-refractivity contribution in [3.63, 3.8) is 0 Å². The van der Waals surface area contributed by atoms with Gasteiger partial charge in [-0.15, -0.1) is 0 Å². The molecule has 0 saturated heterocycles. The van der Waals surface area contributed by atoms with Crippen molar-refractivity contribution in [2.24, 2.45) is 4.36 Å². The van der Waals surface area contributed by atoms with Crippen LogP contribution < -0.4 is 5.73 Å². The zero-order chi connectivity index (χ0) is 10.8. The van der Waals surface area contributed by atoms with Crippen molar-refractivity contribution in [1.82, 2.24) is 0 Å². The van der Waals surface area contributed by atoms with Crippen LogP contribution in [0.1, 0.15) is 6.92 Å². The third-order valence-corrected chi connectivity index (χ3v) is 3.71. The second-order valence-corrected chi connectivity index (χ2v) is 6.16. The first-order valence-electron chi connectivity index (χ1n) is 4.19. The molecule has 0 aliphatic carbocycles. The molecule has 0 amide bonds. The molecular formula is C9H13ClN2OS. The first-order valence-corrected chi connectivity index (χ1v) is 6.66. The van der Waals surface area contributed by atoms with Crippen molar-refractivity contribution in [3.05, 3.63) is 23.2 Å². The molecule has 1 atom stereocenters. The minimum atomic E-state index is -2.18. The number of nitrogens with two attached hydrogens (primary N) is 1. The molecule has 1 unspecified atom stereocenters. The van der Waals surface area contributed by atoms with Crippen LogP contribution in [0.15, 0.2) is 22.6 Å². The summed E-state index contributed by atoms with van der Waals surface area (Å²) in [5, 5.41) is 0.546. The molecule has 0 aromatic heterocycles. The maximum Gasteiger partial charge on any atom is 0.0974 e. The quantitative estimate of drug-likeness (QED) is 0.797. The van der Waals surface area contributed by atoms with Crippen molar-refractivity contribution < 1.29 is 4.21 Å². The Labute approximate surface area is 89.4 Å². The molecule has 0 spiro atoms. The van der Waals surface area contributed by atoms with Gasteiger partial charge in [-0.2, -0.15) is 4.36 Å².